The fourth-order valence-electron chi connectivity index (χ4n) is 2.01. The van der Waals surface area contributed by atoms with Crippen molar-refractivity contribution in [2.75, 3.05) is 6.54 Å². The number of hydrogen-bond donors (Lipinski definition) is 1. The molecule has 70 valence electrons. The molecule has 1 aromatic carbocycles. The largest absolute Gasteiger partial charge is 0.314 e. The van der Waals surface area contributed by atoms with Gasteiger partial charge in [0.05, 0.1) is 0 Å². The van der Waals surface area contributed by atoms with Crippen LogP contribution in [0.2, 0.25) is 0 Å². The first-order valence-electron chi connectivity index (χ1n) is 5.14. The summed E-state index contributed by atoms with van der Waals surface area (Å²) in [5.41, 5.74) is 1.49. The van der Waals surface area contributed by atoms with Crippen molar-refractivity contribution in [3.8, 4) is 0 Å². The fraction of sp³-hybridized carbons (Fsp3) is 0.500. The molecule has 2 atom stereocenters. The van der Waals surface area contributed by atoms with Gasteiger partial charge in [-0.05, 0) is 31.2 Å². The Bertz CT molecular complexity index is 247. The maximum atomic E-state index is 3.53. The van der Waals surface area contributed by atoms with Gasteiger partial charge in [-0.3, -0.25) is 0 Å². The number of hydrogen-bond acceptors (Lipinski definition) is 1. The van der Waals surface area contributed by atoms with E-state index in [0.29, 0.717) is 6.04 Å². The molecule has 1 fully saturated rings. The summed E-state index contributed by atoms with van der Waals surface area (Å²) in [5.74, 6) is 0.734. The lowest BCUT2D eigenvalue weighted by Crippen LogP contribution is -2.35. The van der Waals surface area contributed by atoms with E-state index in [1.165, 1.54) is 18.4 Å². The average molecular weight is 175 g/mol. The van der Waals surface area contributed by atoms with Crippen molar-refractivity contribution < 1.29 is 0 Å². The molecule has 0 aliphatic carbocycles. The Balaban J connectivity index is 2.03. The third kappa shape index (κ3) is 2.10. The second kappa shape index (κ2) is 3.93. The summed E-state index contributed by atoms with van der Waals surface area (Å²) >= 11 is 0. The normalized spacial score (nSPS) is 28.7. The first kappa shape index (κ1) is 8.76. The smallest absolute Gasteiger partial charge is 0.00391 e. The molecule has 1 aliphatic heterocycles. The molecule has 1 saturated heterocycles. The summed E-state index contributed by atoms with van der Waals surface area (Å²) < 4.78 is 0. The van der Waals surface area contributed by atoms with Crippen LogP contribution >= 0.6 is 0 Å². The van der Waals surface area contributed by atoms with E-state index >= 15 is 0 Å². The summed E-state index contributed by atoms with van der Waals surface area (Å²) in [4.78, 5) is 0. The van der Waals surface area contributed by atoms with Crippen LogP contribution < -0.4 is 5.32 Å². The predicted octanol–water partition coefficient (Wildman–Crippen LogP) is 2.54. The molecular formula is C12H17N. The third-order valence-corrected chi connectivity index (χ3v) is 2.93. The standard InChI is InChI=1S/C12H17N/c1-10-7-8-12(9-13-10)11-5-3-2-4-6-11/h2-6,10,12-13H,7-9H2,1H3/t10-,12-/m1/s1. The molecule has 13 heavy (non-hydrogen) atoms. The predicted molar refractivity (Wildman–Crippen MR) is 55.9 cm³/mol. The molecule has 0 aromatic heterocycles. The Morgan fingerprint density at radius 1 is 1.15 bits per heavy atom. The highest BCUT2D eigenvalue weighted by molar-refractivity contribution is 5.20. The summed E-state index contributed by atoms with van der Waals surface area (Å²) in [5, 5.41) is 3.53. The van der Waals surface area contributed by atoms with Gasteiger partial charge in [0.2, 0.25) is 0 Å². The van der Waals surface area contributed by atoms with Crippen LogP contribution in [0, 0.1) is 0 Å². The van der Waals surface area contributed by atoms with Crippen molar-refractivity contribution >= 4 is 0 Å². The van der Waals surface area contributed by atoms with Gasteiger partial charge in [-0.25, -0.2) is 0 Å². The highest BCUT2D eigenvalue weighted by Crippen LogP contribution is 2.24. The molecule has 1 aromatic rings. The number of piperidine rings is 1. The molecule has 0 unspecified atom stereocenters. The Hall–Kier alpha value is -0.820. The second-order valence-corrected chi connectivity index (χ2v) is 3.99. The maximum absolute atomic E-state index is 3.53. The molecule has 0 amide bonds. The molecular weight excluding hydrogens is 158 g/mol. The van der Waals surface area contributed by atoms with Crippen molar-refractivity contribution in [2.24, 2.45) is 0 Å². The summed E-state index contributed by atoms with van der Waals surface area (Å²) in [6.07, 6.45) is 2.64. The van der Waals surface area contributed by atoms with E-state index in [9.17, 15) is 0 Å². The fourth-order valence-corrected chi connectivity index (χ4v) is 2.01. The second-order valence-electron chi connectivity index (χ2n) is 3.99. The molecule has 1 aliphatic rings. The van der Waals surface area contributed by atoms with Gasteiger partial charge < -0.3 is 5.32 Å². The summed E-state index contributed by atoms with van der Waals surface area (Å²) in [6.45, 7) is 3.41. The van der Waals surface area contributed by atoms with Gasteiger partial charge in [0, 0.05) is 12.6 Å². The lowest BCUT2D eigenvalue weighted by Gasteiger charge is -2.27. The first-order valence-corrected chi connectivity index (χ1v) is 5.14. The molecule has 1 heteroatoms. The Labute approximate surface area is 80.2 Å². The number of nitrogens with one attached hydrogen (secondary N) is 1. The average Bonchev–Trinajstić information content (AvgIpc) is 2.20. The Kier molecular flexibility index (Phi) is 2.65. The molecule has 0 spiro atoms. The molecule has 0 bridgehead atoms. The SMILES string of the molecule is C[C@@H]1CC[C@@H](c2ccccc2)CN1. The van der Waals surface area contributed by atoms with Crippen molar-refractivity contribution in [3.63, 3.8) is 0 Å². The first-order chi connectivity index (χ1) is 6.36. The molecule has 2 rings (SSSR count). The van der Waals surface area contributed by atoms with E-state index in [1.807, 2.05) is 0 Å². The van der Waals surface area contributed by atoms with Crippen LogP contribution in [0.15, 0.2) is 30.3 Å². The maximum Gasteiger partial charge on any atom is 0.00391 e. The van der Waals surface area contributed by atoms with Crippen LogP contribution in [0.4, 0.5) is 0 Å². The lowest BCUT2D eigenvalue weighted by atomic mass is 9.89. The zero-order chi connectivity index (χ0) is 9.10. The summed E-state index contributed by atoms with van der Waals surface area (Å²) in [7, 11) is 0. The monoisotopic (exact) mass is 175 g/mol. The van der Waals surface area contributed by atoms with E-state index in [2.05, 4.69) is 42.6 Å². The quantitative estimate of drug-likeness (QED) is 0.691. The van der Waals surface area contributed by atoms with Crippen molar-refractivity contribution in [3.05, 3.63) is 35.9 Å². The highest BCUT2D eigenvalue weighted by Gasteiger charge is 2.18. The van der Waals surface area contributed by atoms with E-state index in [-0.39, 0.29) is 0 Å². The minimum absolute atomic E-state index is 0.708. The number of rotatable bonds is 1. The van der Waals surface area contributed by atoms with Gasteiger partial charge in [0.25, 0.3) is 0 Å². The summed E-state index contributed by atoms with van der Waals surface area (Å²) in [6, 6.07) is 11.5. The van der Waals surface area contributed by atoms with Crippen LogP contribution in [0.5, 0.6) is 0 Å². The Morgan fingerprint density at radius 2 is 1.92 bits per heavy atom. The molecule has 0 radical (unpaired) electrons. The van der Waals surface area contributed by atoms with E-state index in [1.54, 1.807) is 0 Å². The van der Waals surface area contributed by atoms with Gasteiger partial charge >= 0.3 is 0 Å². The van der Waals surface area contributed by atoms with Crippen LogP contribution in [-0.2, 0) is 0 Å². The lowest BCUT2D eigenvalue weighted by molar-refractivity contribution is 0.385. The van der Waals surface area contributed by atoms with Gasteiger partial charge in [0.1, 0.15) is 0 Å². The van der Waals surface area contributed by atoms with E-state index < -0.39 is 0 Å². The van der Waals surface area contributed by atoms with E-state index in [0.717, 1.165) is 12.5 Å². The molecule has 1 heterocycles. The van der Waals surface area contributed by atoms with Crippen LogP contribution in [0.1, 0.15) is 31.2 Å². The minimum atomic E-state index is 0.708. The minimum Gasteiger partial charge on any atom is -0.314 e. The van der Waals surface area contributed by atoms with Gasteiger partial charge in [-0.15, -0.1) is 0 Å². The van der Waals surface area contributed by atoms with Crippen molar-refractivity contribution in [1.82, 2.24) is 5.32 Å². The third-order valence-electron chi connectivity index (χ3n) is 2.93. The van der Waals surface area contributed by atoms with Gasteiger partial charge in [-0.2, -0.15) is 0 Å². The Morgan fingerprint density at radius 3 is 2.54 bits per heavy atom. The van der Waals surface area contributed by atoms with Crippen LogP contribution in [-0.4, -0.2) is 12.6 Å². The topological polar surface area (TPSA) is 12.0 Å². The van der Waals surface area contributed by atoms with Crippen molar-refractivity contribution in [2.45, 2.75) is 31.7 Å². The molecule has 1 nitrogen and oxygen atoms in total. The van der Waals surface area contributed by atoms with Gasteiger partial charge in [-0.1, -0.05) is 30.3 Å². The number of benzene rings is 1. The van der Waals surface area contributed by atoms with E-state index in [4.69, 9.17) is 0 Å². The van der Waals surface area contributed by atoms with Gasteiger partial charge in [0.15, 0.2) is 0 Å². The molecule has 0 saturated carbocycles. The molecule has 1 N–H and O–H groups in total. The zero-order valence-electron chi connectivity index (χ0n) is 8.16. The highest BCUT2D eigenvalue weighted by atomic mass is 14.9. The van der Waals surface area contributed by atoms with Crippen molar-refractivity contribution in [1.29, 1.82) is 0 Å². The van der Waals surface area contributed by atoms with Crippen LogP contribution in [0.3, 0.4) is 0 Å². The zero-order valence-corrected chi connectivity index (χ0v) is 8.16. The van der Waals surface area contributed by atoms with Crippen LogP contribution in [0.25, 0.3) is 0 Å².